The molecule has 0 saturated carbocycles. The third-order valence-electron chi connectivity index (χ3n) is 5.54. The summed E-state index contributed by atoms with van der Waals surface area (Å²) < 4.78 is 41.2. The first-order valence-electron chi connectivity index (χ1n) is 10.0. The lowest BCUT2D eigenvalue weighted by molar-refractivity contribution is -0.139. The molecule has 1 aliphatic rings. The fourth-order valence-electron chi connectivity index (χ4n) is 3.90. The van der Waals surface area contributed by atoms with Gasteiger partial charge in [0.2, 0.25) is 5.91 Å². The highest BCUT2D eigenvalue weighted by molar-refractivity contribution is 6.04. The zero-order valence-electron chi connectivity index (χ0n) is 17.2. The number of guanidine groups is 1. The molecule has 1 aliphatic heterocycles. The molecule has 1 fully saturated rings. The van der Waals surface area contributed by atoms with E-state index in [4.69, 9.17) is 16.9 Å². The summed E-state index contributed by atoms with van der Waals surface area (Å²) in [6, 6.07) is 11.4. The van der Waals surface area contributed by atoms with Crippen LogP contribution < -0.4 is 16.8 Å². The lowest BCUT2D eigenvalue weighted by atomic mass is 9.85. The first kappa shape index (κ1) is 23.3. The minimum atomic E-state index is -4.66. The Bertz CT molecular complexity index is 1000. The highest BCUT2D eigenvalue weighted by Gasteiger charge is 2.37. The maximum absolute atomic E-state index is 13.7. The van der Waals surface area contributed by atoms with Gasteiger partial charge < -0.3 is 16.4 Å². The van der Waals surface area contributed by atoms with E-state index in [9.17, 15) is 22.8 Å². The van der Waals surface area contributed by atoms with E-state index < -0.39 is 35.6 Å². The van der Waals surface area contributed by atoms with Crippen LogP contribution in [0.1, 0.15) is 51.8 Å². The number of likely N-dealkylation sites (tertiary alicyclic amines) is 1. The van der Waals surface area contributed by atoms with Crippen molar-refractivity contribution in [1.82, 2.24) is 10.2 Å². The Morgan fingerprint density at radius 3 is 2.28 bits per heavy atom. The van der Waals surface area contributed by atoms with E-state index in [1.165, 1.54) is 12.1 Å². The number of carbonyl (C=O) groups is 2. The number of nitrogens with one attached hydrogen (secondary N) is 2. The number of rotatable bonds is 4. The molecule has 0 spiro atoms. The van der Waals surface area contributed by atoms with Gasteiger partial charge in [-0.3, -0.25) is 20.3 Å². The minimum absolute atomic E-state index is 0.0799. The summed E-state index contributed by atoms with van der Waals surface area (Å²) in [4.78, 5) is 26.3. The molecular weight excluding hydrogens is 423 g/mol. The van der Waals surface area contributed by atoms with Crippen molar-refractivity contribution in [3.8, 4) is 0 Å². The molecule has 2 amide bonds. The van der Waals surface area contributed by atoms with Crippen LogP contribution in [0.15, 0.2) is 48.5 Å². The Labute approximate surface area is 183 Å². The molecule has 1 atom stereocenters. The quantitative estimate of drug-likeness (QED) is 0.425. The SMILES string of the molecule is N=C(N)NC(=O)c1ccc(C2CCN(C(=O)C(N)c3ccccc3)CC2)c(C(F)(F)F)c1. The topological polar surface area (TPSA) is 125 Å². The van der Waals surface area contributed by atoms with E-state index in [0.717, 1.165) is 6.07 Å². The smallest absolute Gasteiger partial charge is 0.370 e. The molecule has 32 heavy (non-hydrogen) atoms. The van der Waals surface area contributed by atoms with E-state index in [2.05, 4.69) is 0 Å². The number of halogens is 3. The number of alkyl halides is 3. The molecule has 7 nitrogen and oxygen atoms in total. The molecule has 0 radical (unpaired) electrons. The lowest BCUT2D eigenvalue weighted by Gasteiger charge is -2.34. The zero-order valence-corrected chi connectivity index (χ0v) is 17.2. The van der Waals surface area contributed by atoms with E-state index in [0.29, 0.717) is 18.4 Å². The fraction of sp³-hybridized carbons (Fsp3) is 0.318. The molecule has 3 rings (SSSR count). The zero-order chi connectivity index (χ0) is 23.5. The monoisotopic (exact) mass is 447 g/mol. The van der Waals surface area contributed by atoms with Crippen LogP contribution in [0.4, 0.5) is 13.2 Å². The standard InChI is InChI=1S/C22H24F3N5O2/c23-22(24,25)17-12-15(19(31)29-21(27)28)6-7-16(17)13-8-10-30(11-9-13)20(32)18(26)14-4-2-1-3-5-14/h1-7,12-13,18H,8-11,26H2,(H4,27,28,29,31). The van der Waals surface area contributed by atoms with Gasteiger partial charge in [-0.05, 0) is 42.0 Å². The molecule has 0 bridgehead atoms. The van der Waals surface area contributed by atoms with Gasteiger partial charge in [-0.2, -0.15) is 13.2 Å². The largest absolute Gasteiger partial charge is 0.416 e. The molecule has 0 aliphatic carbocycles. The second kappa shape index (κ2) is 9.39. The maximum atomic E-state index is 13.7. The van der Waals surface area contributed by atoms with E-state index in [1.807, 2.05) is 11.4 Å². The summed E-state index contributed by atoms with van der Waals surface area (Å²) >= 11 is 0. The van der Waals surface area contributed by atoms with Crippen molar-refractivity contribution in [2.45, 2.75) is 31.0 Å². The summed E-state index contributed by atoms with van der Waals surface area (Å²) in [5.41, 5.74) is 10.8. The highest BCUT2D eigenvalue weighted by Crippen LogP contribution is 2.39. The fourth-order valence-corrected chi connectivity index (χ4v) is 3.90. The first-order valence-corrected chi connectivity index (χ1v) is 10.0. The summed E-state index contributed by atoms with van der Waals surface area (Å²) in [7, 11) is 0. The van der Waals surface area contributed by atoms with Crippen LogP contribution in [0.2, 0.25) is 0 Å². The van der Waals surface area contributed by atoms with Gasteiger partial charge in [0.05, 0.1) is 5.56 Å². The van der Waals surface area contributed by atoms with Gasteiger partial charge in [-0.25, -0.2) is 0 Å². The van der Waals surface area contributed by atoms with Crippen LogP contribution in [0.3, 0.4) is 0 Å². The highest BCUT2D eigenvalue weighted by atomic mass is 19.4. The average Bonchev–Trinajstić information content (AvgIpc) is 2.77. The van der Waals surface area contributed by atoms with Gasteiger partial charge in [0.25, 0.3) is 5.91 Å². The summed E-state index contributed by atoms with van der Waals surface area (Å²) in [5, 5.41) is 9.05. The molecule has 170 valence electrons. The summed E-state index contributed by atoms with van der Waals surface area (Å²) in [6.45, 7) is 0.571. The van der Waals surface area contributed by atoms with Gasteiger partial charge >= 0.3 is 6.18 Å². The van der Waals surface area contributed by atoms with Gasteiger partial charge in [-0.15, -0.1) is 0 Å². The number of nitrogens with two attached hydrogens (primary N) is 2. The third-order valence-corrected chi connectivity index (χ3v) is 5.54. The van der Waals surface area contributed by atoms with Crippen LogP contribution in [0.25, 0.3) is 0 Å². The van der Waals surface area contributed by atoms with Crippen LogP contribution in [-0.2, 0) is 11.0 Å². The van der Waals surface area contributed by atoms with Gasteiger partial charge in [0, 0.05) is 18.7 Å². The molecule has 10 heteroatoms. The normalized spacial score (nSPS) is 15.8. The number of amides is 2. The predicted molar refractivity (Wildman–Crippen MR) is 113 cm³/mol. The van der Waals surface area contributed by atoms with Crippen LogP contribution in [0.5, 0.6) is 0 Å². The van der Waals surface area contributed by atoms with Crippen molar-refractivity contribution in [2.24, 2.45) is 11.5 Å². The molecule has 1 saturated heterocycles. The molecular formula is C22H24F3N5O2. The van der Waals surface area contributed by atoms with Crippen molar-refractivity contribution in [1.29, 1.82) is 5.41 Å². The Hall–Kier alpha value is -3.40. The number of nitrogens with zero attached hydrogens (tertiary/aromatic N) is 1. The first-order chi connectivity index (χ1) is 15.1. The van der Waals surface area contributed by atoms with Crippen molar-refractivity contribution >= 4 is 17.8 Å². The van der Waals surface area contributed by atoms with Gasteiger partial charge in [0.1, 0.15) is 6.04 Å². The van der Waals surface area contributed by atoms with Crippen molar-refractivity contribution in [3.63, 3.8) is 0 Å². The Balaban J connectivity index is 1.75. The van der Waals surface area contributed by atoms with Gasteiger partial charge in [-0.1, -0.05) is 36.4 Å². The van der Waals surface area contributed by atoms with E-state index in [1.54, 1.807) is 29.2 Å². The molecule has 1 unspecified atom stereocenters. The van der Waals surface area contributed by atoms with Gasteiger partial charge in [0.15, 0.2) is 5.96 Å². The number of carbonyl (C=O) groups excluding carboxylic acids is 2. The second-order valence-corrected chi connectivity index (χ2v) is 7.66. The predicted octanol–water partition coefficient (Wildman–Crippen LogP) is 2.73. The summed E-state index contributed by atoms with van der Waals surface area (Å²) in [5.74, 6) is -2.22. The van der Waals surface area contributed by atoms with Crippen LogP contribution in [0, 0.1) is 5.41 Å². The lowest BCUT2D eigenvalue weighted by Crippen LogP contribution is -2.43. The van der Waals surface area contributed by atoms with Crippen molar-refractivity contribution in [2.75, 3.05) is 13.1 Å². The molecule has 0 aromatic heterocycles. The summed E-state index contributed by atoms with van der Waals surface area (Å²) in [6.07, 6.45) is -3.98. The molecule has 2 aromatic carbocycles. The van der Waals surface area contributed by atoms with E-state index >= 15 is 0 Å². The molecule has 1 heterocycles. The Morgan fingerprint density at radius 1 is 1.09 bits per heavy atom. The van der Waals surface area contributed by atoms with Crippen molar-refractivity contribution in [3.05, 3.63) is 70.8 Å². The number of piperidine rings is 1. The van der Waals surface area contributed by atoms with Crippen LogP contribution >= 0.6 is 0 Å². The molecule has 6 N–H and O–H groups in total. The Kier molecular flexibility index (Phi) is 6.83. The second-order valence-electron chi connectivity index (χ2n) is 7.66. The van der Waals surface area contributed by atoms with Crippen LogP contribution in [-0.4, -0.2) is 35.8 Å². The molecule has 2 aromatic rings. The van der Waals surface area contributed by atoms with Crippen molar-refractivity contribution < 1.29 is 22.8 Å². The number of benzene rings is 2. The van der Waals surface area contributed by atoms with E-state index in [-0.39, 0.29) is 30.1 Å². The Morgan fingerprint density at radius 2 is 1.72 bits per heavy atom. The number of hydrogen-bond acceptors (Lipinski definition) is 4. The maximum Gasteiger partial charge on any atom is 0.416 e. The number of hydrogen-bond donors (Lipinski definition) is 4. The third kappa shape index (κ3) is 5.25. The average molecular weight is 447 g/mol. The minimum Gasteiger partial charge on any atom is -0.370 e.